The maximum atomic E-state index is 13.6. The minimum atomic E-state index is -2.67. The summed E-state index contributed by atoms with van der Waals surface area (Å²) in [7, 11) is 1.56. The van der Waals surface area contributed by atoms with Gasteiger partial charge in [0.15, 0.2) is 0 Å². The molecular formula is C23H28F3N7O2. The molecule has 3 heterocycles. The lowest BCUT2D eigenvalue weighted by atomic mass is 10.0. The third-order valence-electron chi connectivity index (χ3n) is 5.68. The van der Waals surface area contributed by atoms with Crippen molar-refractivity contribution in [3.8, 4) is 0 Å². The van der Waals surface area contributed by atoms with Crippen LogP contribution in [0.15, 0.2) is 41.4 Å². The Balaban J connectivity index is 1.90. The fraction of sp³-hybridized carbons (Fsp3) is 0.435. The second-order valence-corrected chi connectivity index (χ2v) is 8.16. The van der Waals surface area contributed by atoms with Gasteiger partial charge in [-0.1, -0.05) is 0 Å². The maximum Gasteiger partial charge on any atom is 0.270 e. The first kappa shape index (κ1) is 26.1. The summed E-state index contributed by atoms with van der Waals surface area (Å²) < 4.78 is 44.9. The number of aromatic nitrogens is 3. The van der Waals surface area contributed by atoms with E-state index in [-0.39, 0.29) is 42.5 Å². The summed E-state index contributed by atoms with van der Waals surface area (Å²) in [6, 6.07) is 2.19. The summed E-state index contributed by atoms with van der Waals surface area (Å²) in [4.78, 5) is 31.2. The SMILES string of the molecule is CN=C(C)/C(=C(\N)C(=O)N1CC(C)OC(C)C1CNc1ncc(C(F)F)cn1)c1ccc(F)cn1. The lowest BCUT2D eigenvalue weighted by Gasteiger charge is -2.43. The van der Waals surface area contributed by atoms with E-state index >= 15 is 0 Å². The van der Waals surface area contributed by atoms with Gasteiger partial charge in [-0.25, -0.2) is 23.1 Å². The number of allylic oxidation sites excluding steroid dienone is 1. The van der Waals surface area contributed by atoms with Gasteiger partial charge in [-0.15, -0.1) is 0 Å². The Morgan fingerprint density at radius 1 is 1.26 bits per heavy atom. The molecule has 3 N–H and O–H groups in total. The number of halogens is 3. The lowest BCUT2D eigenvalue weighted by molar-refractivity contribution is -0.148. The first-order valence-electron chi connectivity index (χ1n) is 11.0. The molecule has 1 aliphatic rings. The minimum absolute atomic E-state index is 0.0870. The van der Waals surface area contributed by atoms with Crippen LogP contribution < -0.4 is 11.1 Å². The van der Waals surface area contributed by atoms with Gasteiger partial charge in [0.1, 0.15) is 11.5 Å². The van der Waals surface area contributed by atoms with E-state index in [4.69, 9.17) is 10.5 Å². The third-order valence-corrected chi connectivity index (χ3v) is 5.68. The van der Waals surface area contributed by atoms with Crippen molar-refractivity contribution in [1.29, 1.82) is 0 Å². The molecule has 1 fully saturated rings. The van der Waals surface area contributed by atoms with E-state index in [1.54, 1.807) is 18.9 Å². The molecular weight excluding hydrogens is 463 g/mol. The Morgan fingerprint density at radius 3 is 2.51 bits per heavy atom. The first-order chi connectivity index (χ1) is 16.6. The van der Waals surface area contributed by atoms with Crippen LogP contribution in [0.1, 0.15) is 38.5 Å². The van der Waals surface area contributed by atoms with Gasteiger partial charge in [-0.3, -0.25) is 14.8 Å². The first-order valence-corrected chi connectivity index (χ1v) is 11.0. The van der Waals surface area contributed by atoms with Gasteiger partial charge < -0.3 is 20.7 Å². The van der Waals surface area contributed by atoms with E-state index in [0.29, 0.717) is 17.0 Å². The van der Waals surface area contributed by atoms with E-state index in [9.17, 15) is 18.0 Å². The van der Waals surface area contributed by atoms with Crippen LogP contribution in [-0.4, -0.2) is 69.9 Å². The van der Waals surface area contributed by atoms with Gasteiger partial charge in [0.05, 0.1) is 35.7 Å². The number of amides is 1. The monoisotopic (exact) mass is 491 g/mol. The second kappa shape index (κ2) is 11.3. The Labute approximate surface area is 201 Å². The molecule has 1 aliphatic heterocycles. The summed E-state index contributed by atoms with van der Waals surface area (Å²) in [5, 5.41) is 2.97. The Morgan fingerprint density at radius 2 is 1.94 bits per heavy atom. The number of hydrogen-bond donors (Lipinski definition) is 2. The Bertz CT molecular complexity index is 1090. The molecule has 188 valence electrons. The third kappa shape index (κ3) is 6.13. The number of anilines is 1. The molecule has 0 bridgehead atoms. The largest absolute Gasteiger partial charge is 0.394 e. The maximum absolute atomic E-state index is 13.6. The highest BCUT2D eigenvalue weighted by molar-refractivity contribution is 6.27. The highest BCUT2D eigenvalue weighted by Crippen LogP contribution is 2.24. The van der Waals surface area contributed by atoms with Crippen molar-refractivity contribution in [1.82, 2.24) is 19.9 Å². The molecule has 3 unspecified atom stereocenters. The van der Waals surface area contributed by atoms with Crippen LogP contribution in [0.25, 0.3) is 5.57 Å². The molecule has 0 aliphatic carbocycles. The zero-order chi connectivity index (χ0) is 25.7. The van der Waals surface area contributed by atoms with Crippen LogP contribution in [0.2, 0.25) is 0 Å². The van der Waals surface area contributed by atoms with E-state index in [1.165, 1.54) is 12.1 Å². The highest BCUT2D eigenvalue weighted by atomic mass is 19.3. The minimum Gasteiger partial charge on any atom is -0.394 e. The van der Waals surface area contributed by atoms with Gasteiger partial charge in [-0.2, -0.15) is 0 Å². The fourth-order valence-electron chi connectivity index (χ4n) is 3.83. The summed E-state index contributed by atoms with van der Waals surface area (Å²) in [6.07, 6.45) is -0.173. The van der Waals surface area contributed by atoms with Crippen LogP contribution in [0.4, 0.5) is 19.1 Å². The molecule has 1 amide bonds. The molecule has 1 saturated heterocycles. The van der Waals surface area contributed by atoms with Gasteiger partial charge in [0.25, 0.3) is 12.3 Å². The van der Waals surface area contributed by atoms with Crippen molar-refractivity contribution >= 4 is 23.1 Å². The summed E-state index contributed by atoms with van der Waals surface area (Å²) in [5.74, 6) is -0.840. The molecule has 2 aromatic heterocycles. The van der Waals surface area contributed by atoms with Crippen molar-refractivity contribution in [3.63, 3.8) is 0 Å². The number of hydrogen-bond acceptors (Lipinski definition) is 8. The number of carbonyl (C=O) groups is 1. The molecule has 0 aromatic carbocycles. The Kier molecular flexibility index (Phi) is 8.39. The molecule has 0 saturated carbocycles. The quantitative estimate of drug-likeness (QED) is 0.452. The number of nitrogens with zero attached hydrogens (tertiary/aromatic N) is 5. The zero-order valence-electron chi connectivity index (χ0n) is 19.9. The number of ether oxygens (including phenoxy) is 1. The summed E-state index contributed by atoms with van der Waals surface area (Å²) in [6.45, 7) is 5.79. The van der Waals surface area contributed by atoms with Crippen molar-refractivity contribution in [3.05, 3.63) is 53.5 Å². The molecule has 3 rings (SSSR count). The van der Waals surface area contributed by atoms with Gasteiger partial charge in [0, 0.05) is 43.8 Å². The van der Waals surface area contributed by atoms with Gasteiger partial charge in [-0.05, 0) is 32.9 Å². The Hall–Kier alpha value is -3.54. The number of rotatable bonds is 7. The van der Waals surface area contributed by atoms with Crippen LogP contribution in [0.3, 0.4) is 0 Å². The normalized spacial score (nSPS) is 21.7. The second-order valence-electron chi connectivity index (χ2n) is 8.16. The summed E-state index contributed by atoms with van der Waals surface area (Å²) >= 11 is 0. The number of carbonyl (C=O) groups excluding carboxylic acids is 1. The van der Waals surface area contributed by atoms with E-state index < -0.39 is 24.2 Å². The topological polar surface area (TPSA) is 119 Å². The molecule has 35 heavy (non-hydrogen) atoms. The van der Waals surface area contributed by atoms with Crippen molar-refractivity contribution in [2.75, 3.05) is 25.5 Å². The molecule has 12 heteroatoms. The highest BCUT2D eigenvalue weighted by Gasteiger charge is 2.37. The number of pyridine rings is 1. The van der Waals surface area contributed by atoms with E-state index in [0.717, 1.165) is 18.6 Å². The predicted octanol–water partition coefficient (Wildman–Crippen LogP) is 2.83. The smallest absolute Gasteiger partial charge is 0.270 e. The average Bonchev–Trinajstić information content (AvgIpc) is 2.83. The molecule has 2 aromatic rings. The molecule has 0 spiro atoms. The number of nitrogens with two attached hydrogens (primary N) is 1. The number of morpholine rings is 1. The number of alkyl halides is 2. The standard InChI is InChI=1S/C23H28F3N7O2/c1-12-11-33(18(14(3)35-12)10-32-23-30-7-15(8-31-23)21(25)26)22(34)20(27)19(13(2)28-4)17-6-5-16(24)9-29-17/h5-9,12,14,18,21H,10-11,27H2,1-4H3,(H,30,31,32)/b20-19+,28-13?. The van der Waals surface area contributed by atoms with Crippen molar-refractivity contribution in [2.24, 2.45) is 10.7 Å². The van der Waals surface area contributed by atoms with Gasteiger partial charge >= 0.3 is 0 Å². The number of nitrogens with one attached hydrogen (secondary N) is 1. The zero-order valence-corrected chi connectivity index (χ0v) is 19.9. The fourth-order valence-corrected chi connectivity index (χ4v) is 3.83. The average molecular weight is 492 g/mol. The van der Waals surface area contributed by atoms with Crippen LogP contribution in [0, 0.1) is 5.82 Å². The van der Waals surface area contributed by atoms with Crippen LogP contribution in [-0.2, 0) is 9.53 Å². The molecule has 0 radical (unpaired) electrons. The van der Waals surface area contributed by atoms with Crippen LogP contribution in [0.5, 0.6) is 0 Å². The van der Waals surface area contributed by atoms with Crippen molar-refractivity contribution in [2.45, 2.75) is 45.4 Å². The predicted molar refractivity (Wildman–Crippen MR) is 125 cm³/mol. The van der Waals surface area contributed by atoms with E-state index in [2.05, 4.69) is 25.3 Å². The van der Waals surface area contributed by atoms with Gasteiger partial charge in [0.2, 0.25) is 5.95 Å². The molecule has 9 nitrogen and oxygen atoms in total. The van der Waals surface area contributed by atoms with E-state index in [1.807, 2.05) is 13.8 Å². The lowest BCUT2D eigenvalue weighted by Crippen LogP contribution is -2.58. The summed E-state index contributed by atoms with van der Waals surface area (Å²) in [5.41, 5.74) is 7.07. The van der Waals surface area contributed by atoms with Crippen molar-refractivity contribution < 1.29 is 22.7 Å². The number of aliphatic imine (C=N–C) groups is 1. The molecule has 3 atom stereocenters. The van der Waals surface area contributed by atoms with Crippen LogP contribution >= 0.6 is 0 Å².